The van der Waals surface area contributed by atoms with E-state index in [0.29, 0.717) is 17.5 Å². The van der Waals surface area contributed by atoms with Crippen molar-refractivity contribution in [2.75, 3.05) is 24.2 Å². The van der Waals surface area contributed by atoms with Crippen molar-refractivity contribution < 1.29 is 9.18 Å². The number of hydrogen-bond acceptors (Lipinski definition) is 6. The molecule has 1 amide bonds. The van der Waals surface area contributed by atoms with Crippen LogP contribution in [0.2, 0.25) is 0 Å². The van der Waals surface area contributed by atoms with Gasteiger partial charge in [-0.3, -0.25) is 4.79 Å². The minimum atomic E-state index is -0.326. The lowest BCUT2D eigenvalue weighted by molar-refractivity contribution is -0.123. The van der Waals surface area contributed by atoms with Gasteiger partial charge in [-0.25, -0.2) is 9.37 Å². The molecule has 2 aromatic rings. The van der Waals surface area contributed by atoms with E-state index in [1.54, 1.807) is 25.4 Å². The Labute approximate surface area is 189 Å². The van der Waals surface area contributed by atoms with Gasteiger partial charge in [0.2, 0.25) is 11.9 Å². The van der Waals surface area contributed by atoms with Crippen LogP contribution in [0.4, 0.5) is 21.8 Å². The third kappa shape index (κ3) is 6.66. The van der Waals surface area contributed by atoms with E-state index in [1.807, 2.05) is 6.92 Å². The Kier molecular flexibility index (Phi) is 8.40. The Hall–Kier alpha value is -3.18. The summed E-state index contributed by atoms with van der Waals surface area (Å²) in [6.45, 7) is 4.68. The molecule has 0 spiro atoms. The van der Waals surface area contributed by atoms with E-state index in [1.165, 1.54) is 12.1 Å². The second-order valence-electron chi connectivity index (χ2n) is 8.01. The maximum Gasteiger partial charge on any atom is 0.237 e. The zero-order valence-electron chi connectivity index (χ0n) is 18.8. The maximum atomic E-state index is 13.4. The zero-order chi connectivity index (χ0) is 22.9. The second kappa shape index (κ2) is 11.4. The molecule has 32 heavy (non-hydrogen) atoms. The highest BCUT2D eigenvalue weighted by Crippen LogP contribution is 2.25. The SMILES string of the molecule is CCCNc1nc(Nc2cccc(F)c2)ncc1C#C[C@@H]1CC[C@H](NC(=O)[C@H](C)NC)C1. The summed E-state index contributed by atoms with van der Waals surface area (Å²) in [5.41, 5.74) is 1.30. The van der Waals surface area contributed by atoms with Crippen LogP contribution in [-0.4, -0.2) is 41.6 Å². The second-order valence-corrected chi connectivity index (χ2v) is 8.01. The fourth-order valence-electron chi connectivity index (χ4n) is 3.49. The largest absolute Gasteiger partial charge is 0.369 e. The van der Waals surface area contributed by atoms with Crippen LogP contribution in [0.25, 0.3) is 0 Å². The molecule has 0 unspecified atom stereocenters. The molecule has 4 N–H and O–H groups in total. The Bertz CT molecular complexity index is 986. The van der Waals surface area contributed by atoms with Gasteiger partial charge in [-0.05, 0) is 57.9 Å². The predicted molar refractivity (Wildman–Crippen MR) is 125 cm³/mol. The van der Waals surface area contributed by atoms with Gasteiger partial charge < -0.3 is 21.3 Å². The zero-order valence-corrected chi connectivity index (χ0v) is 18.8. The highest BCUT2D eigenvalue weighted by atomic mass is 19.1. The van der Waals surface area contributed by atoms with Crippen molar-refractivity contribution in [2.24, 2.45) is 5.92 Å². The lowest BCUT2D eigenvalue weighted by Gasteiger charge is -2.16. The van der Waals surface area contributed by atoms with Gasteiger partial charge >= 0.3 is 0 Å². The van der Waals surface area contributed by atoms with Crippen LogP contribution in [0.15, 0.2) is 30.5 Å². The number of amides is 1. The summed E-state index contributed by atoms with van der Waals surface area (Å²) in [6.07, 6.45) is 5.34. The van der Waals surface area contributed by atoms with Crippen LogP contribution in [0.3, 0.4) is 0 Å². The van der Waals surface area contributed by atoms with E-state index >= 15 is 0 Å². The predicted octanol–water partition coefficient (Wildman–Crippen LogP) is 3.43. The average Bonchev–Trinajstić information content (AvgIpc) is 3.23. The Morgan fingerprint density at radius 1 is 1.34 bits per heavy atom. The van der Waals surface area contributed by atoms with Crippen molar-refractivity contribution in [3.63, 3.8) is 0 Å². The number of nitrogens with zero attached hydrogens (tertiary/aromatic N) is 2. The highest BCUT2D eigenvalue weighted by molar-refractivity contribution is 5.81. The number of aromatic nitrogens is 2. The van der Waals surface area contributed by atoms with E-state index in [9.17, 15) is 9.18 Å². The first kappa shape index (κ1) is 23.5. The number of carbonyl (C=O) groups excluding carboxylic acids is 1. The smallest absolute Gasteiger partial charge is 0.237 e. The molecule has 1 aliphatic rings. The Morgan fingerprint density at radius 2 is 2.19 bits per heavy atom. The first-order chi connectivity index (χ1) is 15.5. The molecule has 3 atom stereocenters. The van der Waals surface area contributed by atoms with Crippen LogP contribution in [0, 0.1) is 23.6 Å². The lowest BCUT2D eigenvalue weighted by atomic mass is 10.1. The molecule has 0 saturated heterocycles. The first-order valence-corrected chi connectivity index (χ1v) is 11.1. The number of hydrogen-bond donors (Lipinski definition) is 4. The minimum Gasteiger partial charge on any atom is -0.369 e. The van der Waals surface area contributed by atoms with Crippen molar-refractivity contribution in [2.45, 2.75) is 51.6 Å². The molecular weight excluding hydrogens is 407 g/mol. The molecule has 1 aromatic carbocycles. The number of nitrogens with one attached hydrogen (secondary N) is 4. The summed E-state index contributed by atoms with van der Waals surface area (Å²) >= 11 is 0. The molecule has 7 nitrogen and oxygen atoms in total. The number of anilines is 3. The minimum absolute atomic E-state index is 0.0203. The Morgan fingerprint density at radius 3 is 2.94 bits per heavy atom. The van der Waals surface area contributed by atoms with Crippen LogP contribution >= 0.6 is 0 Å². The van der Waals surface area contributed by atoms with Gasteiger partial charge in [0.05, 0.1) is 17.8 Å². The molecule has 0 radical (unpaired) electrons. The molecule has 170 valence electrons. The molecule has 8 heteroatoms. The number of halogens is 1. The number of carbonyl (C=O) groups is 1. The van der Waals surface area contributed by atoms with E-state index in [0.717, 1.165) is 37.8 Å². The van der Waals surface area contributed by atoms with Crippen LogP contribution in [0.1, 0.15) is 45.1 Å². The third-order valence-corrected chi connectivity index (χ3v) is 5.43. The normalized spacial score (nSPS) is 18.4. The summed E-state index contributed by atoms with van der Waals surface area (Å²) in [4.78, 5) is 21.0. The molecular formula is C24H31FN6O. The van der Waals surface area contributed by atoms with E-state index < -0.39 is 0 Å². The number of likely N-dealkylation sites (N-methyl/N-ethyl adjacent to an activating group) is 1. The lowest BCUT2D eigenvalue weighted by Crippen LogP contribution is -2.44. The average molecular weight is 439 g/mol. The maximum absolute atomic E-state index is 13.4. The molecule has 1 aromatic heterocycles. The summed E-state index contributed by atoms with van der Waals surface area (Å²) in [5.74, 6) is 7.49. The van der Waals surface area contributed by atoms with Gasteiger partial charge in [0.25, 0.3) is 0 Å². The monoisotopic (exact) mass is 438 g/mol. The third-order valence-electron chi connectivity index (χ3n) is 5.43. The van der Waals surface area contributed by atoms with Crippen molar-refractivity contribution >= 4 is 23.4 Å². The molecule has 0 aliphatic heterocycles. The van der Waals surface area contributed by atoms with Crippen molar-refractivity contribution in [3.8, 4) is 11.8 Å². The van der Waals surface area contributed by atoms with E-state index in [-0.39, 0.29) is 29.7 Å². The van der Waals surface area contributed by atoms with E-state index in [2.05, 4.69) is 50.0 Å². The van der Waals surface area contributed by atoms with Crippen molar-refractivity contribution in [3.05, 3.63) is 41.8 Å². The van der Waals surface area contributed by atoms with E-state index in [4.69, 9.17) is 0 Å². The summed E-state index contributed by atoms with van der Waals surface area (Å²) in [5, 5.41) is 12.4. The molecule has 1 saturated carbocycles. The highest BCUT2D eigenvalue weighted by Gasteiger charge is 2.25. The molecule has 1 fully saturated rings. The van der Waals surface area contributed by atoms with Crippen molar-refractivity contribution in [1.82, 2.24) is 20.6 Å². The molecule has 0 bridgehead atoms. The van der Waals surface area contributed by atoms with Gasteiger partial charge in [0.1, 0.15) is 11.6 Å². The molecule has 1 aliphatic carbocycles. The van der Waals surface area contributed by atoms with Crippen LogP contribution < -0.4 is 21.3 Å². The standard InChI is InChI=1S/C24H31FN6O/c1-4-12-27-22-18(15-28-24(31-22)30-20-7-5-6-19(25)14-20)10-8-17-9-11-21(13-17)29-23(32)16(2)26-3/h5-7,14-17,21,26H,4,9,11-13H2,1-3H3,(H,29,32)(H2,27,28,30,31)/t16-,17+,21-/m0/s1. The fraction of sp³-hybridized carbons (Fsp3) is 0.458. The number of rotatable bonds is 8. The molecule has 3 rings (SSSR count). The first-order valence-electron chi connectivity index (χ1n) is 11.1. The Balaban J connectivity index is 1.68. The summed E-state index contributed by atoms with van der Waals surface area (Å²) in [7, 11) is 1.78. The van der Waals surface area contributed by atoms with Crippen LogP contribution in [-0.2, 0) is 4.79 Å². The summed E-state index contributed by atoms with van der Waals surface area (Å²) < 4.78 is 13.4. The van der Waals surface area contributed by atoms with Gasteiger partial charge in [0, 0.05) is 24.2 Å². The number of benzene rings is 1. The summed E-state index contributed by atoms with van der Waals surface area (Å²) in [6, 6.07) is 6.12. The molecule has 1 heterocycles. The topological polar surface area (TPSA) is 91.0 Å². The van der Waals surface area contributed by atoms with Crippen molar-refractivity contribution in [1.29, 1.82) is 0 Å². The van der Waals surface area contributed by atoms with Gasteiger partial charge in [-0.15, -0.1) is 0 Å². The quantitative estimate of drug-likeness (QED) is 0.472. The van der Waals surface area contributed by atoms with Gasteiger partial charge in [-0.2, -0.15) is 4.98 Å². The van der Waals surface area contributed by atoms with Crippen LogP contribution in [0.5, 0.6) is 0 Å². The van der Waals surface area contributed by atoms with Gasteiger partial charge in [-0.1, -0.05) is 24.8 Å². The fourth-order valence-corrected chi connectivity index (χ4v) is 3.49. The van der Waals surface area contributed by atoms with Gasteiger partial charge in [0.15, 0.2) is 0 Å².